The van der Waals surface area contributed by atoms with Crippen LogP contribution in [0.2, 0.25) is 0 Å². The van der Waals surface area contributed by atoms with Crippen LogP contribution in [0, 0.1) is 25.2 Å². The summed E-state index contributed by atoms with van der Waals surface area (Å²) in [5.41, 5.74) is 3.51. The first kappa shape index (κ1) is 19.7. The number of hydrogen-bond acceptors (Lipinski definition) is 5. The van der Waals surface area contributed by atoms with E-state index in [2.05, 4.69) is 16.1 Å². The lowest BCUT2D eigenvalue weighted by molar-refractivity contribution is -0.131. The Hall–Kier alpha value is -2.65. The van der Waals surface area contributed by atoms with Crippen LogP contribution in [0.25, 0.3) is 0 Å². The SMILES string of the molecule is Cc1noc(C)c1CCC(=O)N(CCN(C)C)Cc1ccc(C#N)cc1. The molecule has 0 spiro atoms. The minimum absolute atomic E-state index is 0.108. The number of likely N-dealkylation sites (N-methyl/N-ethyl adjacent to an activating group) is 1. The summed E-state index contributed by atoms with van der Waals surface area (Å²) in [5.74, 6) is 0.887. The topological polar surface area (TPSA) is 73.4 Å². The Balaban J connectivity index is 2.04. The fourth-order valence-corrected chi connectivity index (χ4v) is 2.77. The summed E-state index contributed by atoms with van der Waals surface area (Å²) < 4.78 is 5.18. The van der Waals surface area contributed by atoms with E-state index >= 15 is 0 Å². The Labute approximate surface area is 155 Å². The Morgan fingerprint density at radius 2 is 1.88 bits per heavy atom. The number of rotatable bonds is 8. The standard InChI is InChI=1S/C20H26N4O2/c1-15-19(16(2)26-22-15)9-10-20(25)24(12-11-23(3)4)14-18-7-5-17(13-21)6-8-18/h5-8H,9-12,14H2,1-4H3. The minimum atomic E-state index is 0.108. The van der Waals surface area contributed by atoms with Crippen molar-refractivity contribution in [2.75, 3.05) is 27.2 Å². The second-order valence-corrected chi connectivity index (χ2v) is 6.73. The third-order valence-corrected chi connectivity index (χ3v) is 4.40. The average Bonchev–Trinajstić information content (AvgIpc) is 2.95. The van der Waals surface area contributed by atoms with Crippen molar-refractivity contribution in [3.8, 4) is 6.07 Å². The number of aryl methyl sites for hydroxylation is 2. The molecular weight excluding hydrogens is 328 g/mol. The number of hydrogen-bond donors (Lipinski definition) is 0. The van der Waals surface area contributed by atoms with Crippen LogP contribution in [0.15, 0.2) is 28.8 Å². The largest absolute Gasteiger partial charge is 0.361 e. The van der Waals surface area contributed by atoms with E-state index in [1.54, 1.807) is 12.1 Å². The zero-order valence-electron chi connectivity index (χ0n) is 16.0. The van der Waals surface area contributed by atoms with Gasteiger partial charge >= 0.3 is 0 Å². The second kappa shape index (κ2) is 9.16. The van der Waals surface area contributed by atoms with E-state index in [9.17, 15) is 4.79 Å². The van der Waals surface area contributed by atoms with Gasteiger partial charge in [-0.3, -0.25) is 4.79 Å². The normalized spacial score (nSPS) is 10.8. The molecule has 6 heteroatoms. The molecule has 0 unspecified atom stereocenters. The number of aromatic nitrogens is 1. The summed E-state index contributed by atoms with van der Waals surface area (Å²) >= 11 is 0. The van der Waals surface area contributed by atoms with Crippen molar-refractivity contribution >= 4 is 5.91 Å². The highest BCUT2D eigenvalue weighted by molar-refractivity contribution is 5.76. The summed E-state index contributed by atoms with van der Waals surface area (Å²) in [6.07, 6.45) is 1.05. The molecule has 0 aliphatic heterocycles. The molecule has 1 aromatic carbocycles. The molecule has 1 heterocycles. The van der Waals surface area contributed by atoms with Gasteiger partial charge in [0, 0.05) is 31.6 Å². The third kappa shape index (κ3) is 5.43. The Bertz CT molecular complexity index is 753. The van der Waals surface area contributed by atoms with Crippen molar-refractivity contribution in [3.63, 3.8) is 0 Å². The summed E-state index contributed by atoms with van der Waals surface area (Å²) in [6.45, 7) is 5.78. The first-order valence-electron chi connectivity index (χ1n) is 8.74. The molecule has 0 radical (unpaired) electrons. The van der Waals surface area contributed by atoms with Gasteiger partial charge in [-0.2, -0.15) is 5.26 Å². The number of amides is 1. The van der Waals surface area contributed by atoms with Gasteiger partial charge in [-0.1, -0.05) is 17.3 Å². The van der Waals surface area contributed by atoms with Gasteiger partial charge in [-0.25, -0.2) is 0 Å². The van der Waals surface area contributed by atoms with E-state index in [1.165, 1.54) is 0 Å². The van der Waals surface area contributed by atoms with Crippen molar-refractivity contribution in [1.29, 1.82) is 5.26 Å². The van der Waals surface area contributed by atoms with Crippen molar-refractivity contribution < 1.29 is 9.32 Å². The van der Waals surface area contributed by atoms with Crippen LogP contribution >= 0.6 is 0 Å². The lowest BCUT2D eigenvalue weighted by atomic mass is 10.1. The zero-order chi connectivity index (χ0) is 19.1. The van der Waals surface area contributed by atoms with Crippen LogP contribution in [0.5, 0.6) is 0 Å². The van der Waals surface area contributed by atoms with Crippen LogP contribution < -0.4 is 0 Å². The maximum atomic E-state index is 12.8. The minimum Gasteiger partial charge on any atom is -0.361 e. The maximum absolute atomic E-state index is 12.8. The molecule has 0 saturated heterocycles. The molecule has 0 atom stereocenters. The van der Waals surface area contributed by atoms with E-state index in [4.69, 9.17) is 9.78 Å². The van der Waals surface area contributed by atoms with Gasteiger partial charge in [0.05, 0.1) is 17.3 Å². The average molecular weight is 354 g/mol. The van der Waals surface area contributed by atoms with Crippen LogP contribution in [0.3, 0.4) is 0 Å². The fourth-order valence-electron chi connectivity index (χ4n) is 2.77. The van der Waals surface area contributed by atoms with Crippen LogP contribution in [0.4, 0.5) is 0 Å². The highest BCUT2D eigenvalue weighted by Crippen LogP contribution is 2.16. The van der Waals surface area contributed by atoms with E-state index < -0.39 is 0 Å². The van der Waals surface area contributed by atoms with Crippen molar-refractivity contribution in [3.05, 3.63) is 52.4 Å². The van der Waals surface area contributed by atoms with Gasteiger partial charge in [-0.05, 0) is 52.1 Å². The molecule has 1 amide bonds. The van der Waals surface area contributed by atoms with E-state index in [-0.39, 0.29) is 5.91 Å². The van der Waals surface area contributed by atoms with Gasteiger partial charge in [0.15, 0.2) is 0 Å². The van der Waals surface area contributed by atoms with Gasteiger partial charge in [0.25, 0.3) is 0 Å². The van der Waals surface area contributed by atoms with Gasteiger partial charge < -0.3 is 14.3 Å². The molecule has 6 nitrogen and oxygen atoms in total. The maximum Gasteiger partial charge on any atom is 0.223 e. The molecule has 2 aromatic rings. The highest BCUT2D eigenvalue weighted by Gasteiger charge is 2.17. The van der Waals surface area contributed by atoms with Crippen molar-refractivity contribution in [2.24, 2.45) is 0 Å². The van der Waals surface area contributed by atoms with Crippen LogP contribution in [-0.4, -0.2) is 48.0 Å². The quantitative estimate of drug-likeness (QED) is 0.729. The van der Waals surface area contributed by atoms with E-state index in [1.807, 2.05) is 45.0 Å². The van der Waals surface area contributed by atoms with Crippen LogP contribution in [0.1, 0.15) is 34.6 Å². The Morgan fingerprint density at radius 1 is 1.19 bits per heavy atom. The molecule has 0 fully saturated rings. The molecule has 0 aliphatic rings. The lowest BCUT2D eigenvalue weighted by Gasteiger charge is -2.25. The number of nitriles is 1. The van der Waals surface area contributed by atoms with Gasteiger partial charge in [0.1, 0.15) is 5.76 Å². The zero-order valence-corrected chi connectivity index (χ0v) is 16.0. The Morgan fingerprint density at radius 3 is 2.42 bits per heavy atom. The second-order valence-electron chi connectivity index (χ2n) is 6.73. The third-order valence-electron chi connectivity index (χ3n) is 4.40. The van der Waals surface area contributed by atoms with Gasteiger partial charge in [-0.15, -0.1) is 0 Å². The predicted molar refractivity (Wildman–Crippen MR) is 99.4 cm³/mol. The Kier molecular flexibility index (Phi) is 6.93. The first-order chi connectivity index (χ1) is 12.4. The predicted octanol–water partition coefficient (Wildman–Crippen LogP) is 2.69. The molecule has 138 valence electrons. The number of carbonyl (C=O) groups excluding carboxylic acids is 1. The molecule has 0 N–H and O–H groups in total. The first-order valence-corrected chi connectivity index (χ1v) is 8.74. The molecule has 26 heavy (non-hydrogen) atoms. The van der Waals surface area contributed by atoms with Gasteiger partial charge in [0.2, 0.25) is 5.91 Å². The van der Waals surface area contributed by atoms with Crippen molar-refractivity contribution in [2.45, 2.75) is 33.2 Å². The summed E-state index contributed by atoms with van der Waals surface area (Å²) in [7, 11) is 3.99. The lowest BCUT2D eigenvalue weighted by Crippen LogP contribution is -2.36. The molecular formula is C20H26N4O2. The molecule has 2 rings (SSSR count). The van der Waals surface area contributed by atoms with Crippen LogP contribution in [-0.2, 0) is 17.8 Å². The van der Waals surface area contributed by atoms with E-state index in [0.29, 0.717) is 31.5 Å². The van der Waals surface area contributed by atoms with E-state index in [0.717, 1.165) is 29.1 Å². The summed E-state index contributed by atoms with van der Waals surface area (Å²) in [4.78, 5) is 16.7. The number of nitrogens with zero attached hydrogens (tertiary/aromatic N) is 4. The molecule has 0 bridgehead atoms. The monoisotopic (exact) mass is 354 g/mol. The molecule has 0 saturated carbocycles. The summed E-state index contributed by atoms with van der Waals surface area (Å²) in [6, 6.07) is 9.50. The smallest absolute Gasteiger partial charge is 0.223 e. The summed E-state index contributed by atoms with van der Waals surface area (Å²) in [5, 5.41) is 12.9. The van der Waals surface area contributed by atoms with Crippen molar-refractivity contribution in [1.82, 2.24) is 15.0 Å². The number of carbonyl (C=O) groups is 1. The fraction of sp³-hybridized carbons (Fsp3) is 0.450. The number of benzene rings is 1. The highest BCUT2D eigenvalue weighted by atomic mass is 16.5. The molecule has 1 aromatic heterocycles. The molecule has 0 aliphatic carbocycles.